The molecule has 0 aromatic carbocycles. The fourth-order valence-electron chi connectivity index (χ4n) is 0.887. The Morgan fingerprint density at radius 3 is 2.69 bits per heavy atom. The lowest BCUT2D eigenvalue weighted by molar-refractivity contribution is 0.596. The van der Waals surface area contributed by atoms with Crippen molar-refractivity contribution in [3.05, 3.63) is 9.90 Å². The van der Waals surface area contributed by atoms with Crippen molar-refractivity contribution in [3.63, 3.8) is 0 Å². The van der Waals surface area contributed by atoms with E-state index in [0.717, 1.165) is 6.42 Å². The molecular formula is C6H8ClIN2O2S. The van der Waals surface area contributed by atoms with Crippen LogP contribution < -0.4 is 0 Å². The van der Waals surface area contributed by atoms with Gasteiger partial charge in [-0.05, 0) is 29.0 Å². The normalized spacial score (nSPS) is 11.9. The number of nitrogens with zero attached hydrogens (tertiary/aromatic N) is 2. The quantitative estimate of drug-likeness (QED) is 0.626. The molecule has 0 bridgehead atoms. The predicted molar refractivity (Wildman–Crippen MR) is 58.3 cm³/mol. The second kappa shape index (κ2) is 4.14. The second-order valence-corrected chi connectivity index (χ2v) is 6.04. The Morgan fingerprint density at radius 1 is 1.69 bits per heavy atom. The van der Waals surface area contributed by atoms with Gasteiger partial charge in [-0.15, -0.1) is 0 Å². The number of hydrogen-bond acceptors (Lipinski definition) is 3. The summed E-state index contributed by atoms with van der Waals surface area (Å²) in [6, 6.07) is 0. The van der Waals surface area contributed by atoms with E-state index >= 15 is 0 Å². The van der Waals surface area contributed by atoms with Gasteiger partial charge in [0.15, 0.2) is 0 Å². The molecule has 0 radical (unpaired) electrons. The lowest BCUT2D eigenvalue weighted by atomic mass is 10.5. The zero-order valence-electron chi connectivity index (χ0n) is 6.87. The minimum absolute atomic E-state index is 0.0863. The molecule has 4 nitrogen and oxygen atoms in total. The first-order chi connectivity index (χ1) is 5.95. The van der Waals surface area contributed by atoms with Gasteiger partial charge < -0.3 is 0 Å². The van der Waals surface area contributed by atoms with E-state index in [4.69, 9.17) is 10.7 Å². The fourth-order valence-corrected chi connectivity index (χ4v) is 3.39. The topological polar surface area (TPSA) is 52.0 Å². The summed E-state index contributed by atoms with van der Waals surface area (Å²) in [5.41, 5.74) is 0. The van der Waals surface area contributed by atoms with E-state index in [0.29, 0.717) is 10.2 Å². The van der Waals surface area contributed by atoms with E-state index in [1.807, 2.05) is 29.5 Å². The van der Waals surface area contributed by atoms with Gasteiger partial charge in [-0.1, -0.05) is 6.92 Å². The zero-order valence-corrected chi connectivity index (χ0v) is 10.6. The van der Waals surface area contributed by atoms with E-state index in [1.165, 1.54) is 6.20 Å². The van der Waals surface area contributed by atoms with E-state index in [-0.39, 0.29) is 4.90 Å². The van der Waals surface area contributed by atoms with Gasteiger partial charge >= 0.3 is 0 Å². The highest BCUT2D eigenvalue weighted by Crippen LogP contribution is 2.20. The molecule has 0 aliphatic rings. The Bertz CT molecular complexity index is 401. The number of halogens is 2. The average Bonchev–Trinajstić information content (AvgIpc) is 2.30. The van der Waals surface area contributed by atoms with Gasteiger partial charge in [0.2, 0.25) is 0 Å². The summed E-state index contributed by atoms with van der Waals surface area (Å²) >= 11 is 1.85. The number of aromatic nitrogens is 2. The third-order valence-corrected chi connectivity index (χ3v) is 3.89. The Kier molecular flexibility index (Phi) is 3.58. The molecule has 1 aromatic rings. The summed E-state index contributed by atoms with van der Waals surface area (Å²) < 4.78 is 24.0. The van der Waals surface area contributed by atoms with E-state index in [1.54, 1.807) is 4.68 Å². The van der Waals surface area contributed by atoms with Gasteiger partial charge in [0.05, 0.1) is 0 Å². The van der Waals surface area contributed by atoms with Crippen LogP contribution in [0.25, 0.3) is 0 Å². The zero-order chi connectivity index (χ0) is 10.1. The van der Waals surface area contributed by atoms with Gasteiger partial charge in [-0.2, -0.15) is 5.10 Å². The average molecular weight is 335 g/mol. The molecule has 7 heteroatoms. The van der Waals surface area contributed by atoms with Crippen LogP contribution in [0.4, 0.5) is 0 Å². The highest BCUT2D eigenvalue weighted by atomic mass is 127. The molecule has 0 N–H and O–H groups in total. The summed E-state index contributed by atoms with van der Waals surface area (Å²) in [5, 5.41) is 4.01. The highest BCUT2D eigenvalue weighted by Gasteiger charge is 2.17. The Balaban J connectivity index is 3.11. The van der Waals surface area contributed by atoms with Crippen LogP contribution in [0.2, 0.25) is 0 Å². The van der Waals surface area contributed by atoms with Crippen molar-refractivity contribution >= 4 is 42.3 Å². The fraction of sp³-hybridized carbons (Fsp3) is 0.500. The molecule has 1 rings (SSSR count). The Hall–Kier alpha value is 0.180. The van der Waals surface area contributed by atoms with Gasteiger partial charge in [0.1, 0.15) is 8.60 Å². The maximum Gasteiger partial charge on any atom is 0.265 e. The van der Waals surface area contributed by atoms with Crippen LogP contribution in [-0.2, 0) is 15.6 Å². The summed E-state index contributed by atoms with van der Waals surface area (Å²) in [4.78, 5) is 0.0863. The largest absolute Gasteiger partial charge is 0.270 e. The van der Waals surface area contributed by atoms with Crippen LogP contribution in [0.3, 0.4) is 0 Å². The molecular weight excluding hydrogens is 327 g/mol. The van der Waals surface area contributed by atoms with Crippen molar-refractivity contribution in [1.82, 2.24) is 9.78 Å². The molecule has 0 aliphatic heterocycles. The van der Waals surface area contributed by atoms with Gasteiger partial charge in [-0.3, -0.25) is 4.68 Å². The van der Waals surface area contributed by atoms with Crippen LogP contribution in [0.15, 0.2) is 11.1 Å². The van der Waals surface area contributed by atoms with Crippen LogP contribution in [-0.4, -0.2) is 18.2 Å². The van der Waals surface area contributed by atoms with Gasteiger partial charge in [0.25, 0.3) is 9.05 Å². The highest BCUT2D eigenvalue weighted by molar-refractivity contribution is 14.1. The van der Waals surface area contributed by atoms with Crippen molar-refractivity contribution in [2.24, 2.45) is 0 Å². The van der Waals surface area contributed by atoms with Crippen LogP contribution >= 0.6 is 33.3 Å². The van der Waals surface area contributed by atoms with E-state index < -0.39 is 9.05 Å². The summed E-state index contributed by atoms with van der Waals surface area (Å²) in [6.07, 6.45) is 2.35. The third kappa shape index (κ3) is 2.81. The molecule has 13 heavy (non-hydrogen) atoms. The molecule has 1 heterocycles. The molecule has 0 saturated heterocycles. The van der Waals surface area contributed by atoms with Gasteiger partial charge in [-0.25, -0.2) is 8.42 Å². The number of rotatable bonds is 3. The summed E-state index contributed by atoms with van der Waals surface area (Å²) in [5.74, 6) is 0. The van der Waals surface area contributed by atoms with Crippen LogP contribution in [0.1, 0.15) is 13.3 Å². The maximum atomic E-state index is 11.0. The predicted octanol–water partition coefficient (Wildman–Crippen LogP) is 1.83. The van der Waals surface area contributed by atoms with Crippen molar-refractivity contribution in [2.45, 2.75) is 24.8 Å². The number of hydrogen-bond donors (Lipinski definition) is 0. The monoisotopic (exact) mass is 334 g/mol. The number of aryl methyl sites for hydroxylation is 1. The first-order valence-electron chi connectivity index (χ1n) is 3.62. The smallest absolute Gasteiger partial charge is 0.265 e. The summed E-state index contributed by atoms with van der Waals surface area (Å²) in [6.45, 7) is 2.69. The van der Waals surface area contributed by atoms with Crippen molar-refractivity contribution < 1.29 is 8.42 Å². The Labute approximate surface area is 94.8 Å². The van der Waals surface area contributed by atoms with E-state index in [2.05, 4.69) is 5.10 Å². The van der Waals surface area contributed by atoms with Crippen LogP contribution in [0, 0.1) is 3.70 Å². The maximum absolute atomic E-state index is 11.0. The molecule has 0 atom stereocenters. The third-order valence-electron chi connectivity index (χ3n) is 1.40. The van der Waals surface area contributed by atoms with Gasteiger partial charge in [0, 0.05) is 23.4 Å². The van der Waals surface area contributed by atoms with Crippen LogP contribution in [0.5, 0.6) is 0 Å². The standard InChI is InChI=1S/C6H8ClIN2O2S/c1-2-3-10-4-5(6(8)9-10)13(7,11)12/h4H,2-3H2,1H3. The molecule has 1 aromatic heterocycles. The first kappa shape index (κ1) is 11.3. The van der Waals surface area contributed by atoms with Crippen molar-refractivity contribution in [2.75, 3.05) is 0 Å². The first-order valence-corrected chi connectivity index (χ1v) is 7.01. The molecule has 0 fully saturated rings. The van der Waals surface area contributed by atoms with E-state index in [9.17, 15) is 8.42 Å². The minimum atomic E-state index is -3.65. The Morgan fingerprint density at radius 2 is 2.31 bits per heavy atom. The lowest BCUT2D eigenvalue weighted by Gasteiger charge is -1.93. The molecule has 0 aliphatic carbocycles. The van der Waals surface area contributed by atoms with Crippen molar-refractivity contribution in [3.8, 4) is 0 Å². The molecule has 0 saturated carbocycles. The molecule has 0 amide bonds. The summed E-state index contributed by atoms with van der Waals surface area (Å²) in [7, 11) is 1.54. The second-order valence-electron chi connectivity index (χ2n) is 2.49. The molecule has 0 unspecified atom stereocenters. The minimum Gasteiger partial charge on any atom is -0.270 e. The molecule has 0 spiro atoms. The SMILES string of the molecule is CCCn1cc(S(=O)(=O)Cl)c(I)n1. The van der Waals surface area contributed by atoms with Crippen molar-refractivity contribution in [1.29, 1.82) is 0 Å². The molecule has 74 valence electrons. The lowest BCUT2D eigenvalue weighted by Crippen LogP contribution is -1.96.